The van der Waals surface area contributed by atoms with Gasteiger partial charge in [-0.05, 0) is 55.9 Å². The van der Waals surface area contributed by atoms with E-state index >= 15 is 0 Å². The molecular weight excluding hydrogens is 373 g/mol. The van der Waals surface area contributed by atoms with E-state index in [4.69, 9.17) is 9.26 Å². The molecular formula is C18H22FN3O4S. The highest BCUT2D eigenvalue weighted by molar-refractivity contribution is 7.89. The first-order valence-corrected chi connectivity index (χ1v) is 10.7. The first-order valence-electron chi connectivity index (χ1n) is 9.21. The van der Waals surface area contributed by atoms with Gasteiger partial charge in [0.05, 0.1) is 17.5 Å². The van der Waals surface area contributed by atoms with E-state index in [0.717, 1.165) is 25.0 Å². The van der Waals surface area contributed by atoms with Gasteiger partial charge in [-0.25, -0.2) is 12.8 Å². The summed E-state index contributed by atoms with van der Waals surface area (Å²) < 4.78 is 51.4. The number of benzene rings is 1. The Morgan fingerprint density at radius 3 is 2.70 bits per heavy atom. The number of aromatic nitrogens is 2. The summed E-state index contributed by atoms with van der Waals surface area (Å²) in [4.78, 5) is 4.42. The Balaban J connectivity index is 1.51. The van der Waals surface area contributed by atoms with Gasteiger partial charge in [0, 0.05) is 6.54 Å². The summed E-state index contributed by atoms with van der Waals surface area (Å²) in [7, 11) is -3.77. The molecule has 0 radical (unpaired) electrons. The SMILES string of the molecule is O=S(=O)(c1ccc(F)cc1)N1CCCCC1c1noc(COCC2CC2)n1. The molecule has 1 aromatic heterocycles. The summed E-state index contributed by atoms with van der Waals surface area (Å²) in [5, 5.41) is 3.99. The quantitative estimate of drug-likeness (QED) is 0.716. The van der Waals surface area contributed by atoms with E-state index in [-0.39, 0.29) is 11.5 Å². The van der Waals surface area contributed by atoms with Gasteiger partial charge in [-0.2, -0.15) is 9.29 Å². The minimum atomic E-state index is -3.77. The number of sulfonamides is 1. The van der Waals surface area contributed by atoms with Crippen LogP contribution in [0.2, 0.25) is 0 Å². The molecule has 9 heteroatoms. The van der Waals surface area contributed by atoms with E-state index in [1.807, 2.05) is 0 Å². The minimum Gasteiger partial charge on any atom is -0.371 e. The fourth-order valence-corrected chi connectivity index (χ4v) is 4.91. The molecule has 146 valence electrons. The van der Waals surface area contributed by atoms with Crippen molar-refractivity contribution in [3.05, 3.63) is 41.8 Å². The van der Waals surface area contributed by atoms with Crippen molar-refractivity contribution >= 4 is 10.0 Å². The predicted molar refractivity (Wildman–Crippen MR) is 93.6 cm³/mol. The monoisotopic (exact) mass is 395 g/mol. The second kappa shape index (κ2) is 7.65. The lowest BCUT2D eigenvalue weighted by Gasteiger charge is -2.32. The molecule has 2 heterocycles. The van der Waals surface area contributed by atoms with Crippen LogP contribution in [0.5, 0.6) is 0 Å². The molecule has 1 aliphatic carbocycles. The zero-order valence-corrected chi connectivity index (χ0v) is 15.7. The van der Waals surface area contributed by atoms with Crippen molar-refractivity contribution in [3.63, 3.8) is 0 Å². The molecule has 1 aliphatic heterocycles. The lowest BCUT2D eigenvalue weighted by molar-refractivity contribution is 0.0894. The first kappa shape index (κ1) is 18.5. The van der Waals surface area contributed by atoms with Crippen molar-refractivity contribution in [2.24, 2.45) is 5.92 Å². The maximum Gasteiger partial charge on any atom is 0.252 e. The number of halogens is 1. The van der Waals surface area contributed by atoms with Crippen molar-refractivity contribution in [2.75, 3.05) is 13.2 Å². The highest BCUT2D eigenvalue weighted by Crippen LogP contribution is 2.34. The van der Waals surface area contributed by atoms with Crippen LogP contribution in [0, 0.1) is 11.7 Å². The van der Waals surface area contributed by atoms with Gasteiger partial charge in [0.2, 0.25) is 10.0 Å². The molecule has 2 aromatic rings. The number of hydrogen-bond acceptors (Lipinski definition) is 6. The van der Waals surface area contributed by atoms with Crippen LogP contribution in [0.15, 0.2) is 33.7 Å². The fraction of sp³-hybridized carbons (Fsp3) is 0.556. The first-order chi connectivity index (χ1) is 13.0. The third kappa shape index (κ3) is 4.20. The summed E-state index contributed by atoms with van der Waals surface area (Å²) in [6.07, 6.45) is 4.65. The molecule has 4 rings (SSSR count). The third-order valence-corrected chi connectivity index (χ3v) is 6.85. The Kier molecular flexibility index (Phi) is 5.25. The normalized spacial score (nSPS) is 21.4. The predicted octanol–water partition coefficient (Wildman–Crippen LogP) is 3.05. The molecule has 7 nitrogen and oxygen atoms in total. The zero-order valence-electron chi connectivity index (χ0n) is 14.9. The van der Waals surface area contributed by atoms with E-state index < -0.39 is 21.9 Å². The van der Waals surface area contributed by atoms with Gasteiger partial charge < -0.3 is 9.26 Å². The Morgan fingerprint density at radius 1 is 1.19 bits per heavy atom. The second-order valence-corrected chi connectivity index (χ2v) is 8.98. The average Bonchev–Trinajstić information content (AvgIpc) is 3.37. The molecule has 2 fully saturated rings. The Bertz CT molecular complexity index is 880. The molecule has 1 atom stereocenters. The van der Waals surface area contributed by atoms with Crippen LogP contribution in [-0.4, -0.2) is 36.0 Å². The van der Waals surface area contributed by atoms with E-state index in [2.05, 4.69) is 10.1 Å². The van der Waals surface area contributed by atoms with E-state index in [9.17, 15) is 12.8 Å². The van der Waals surface area contributed by atoms with Crippen molar-refractivity contribution in [1.82, 2.24) is 14.4 Å². The van der Waals surface area contributed by atoms with Crippen molar-refractivity contribution < 1.29 is 22.1 Å². The largest absolute Gasteiger partial charge is 0.371 e. The number of rotatable bonds is 7. The van der Waals surface area contributed by atoms with Crippen LogP contribution < -0.4 is 0 Å². The lowest BCUT2D eigenvalue weighted by atomic mass is 10.0. The maximum absolute atomic E-state index is 13.2. The van der Waals surface area contributed by atoms with Crippen LogP contribution >= 0.6 is 0 Å². The van der Waals surface area contributed by atoms with Gasteiger partial charge in [0.25, 0.3) is 5.89 Å². The summed E-state index contributed by atoms with van der Waals surface area (Å²) in [6, 6.07) is 4.37. The maximum atomic E-state index is 13.2. The molecule has 0 bridgehead atoms. The highest BCUT2D eigenvalue weighted by atomic mass is 32.2. The van der Waals surface area contributed by atoms with Crippen molar-refractivity contribution in [2.45, 2.75) is 49.6 Å². The number of hydrogen-bond donors (Lipinski definition) is 0. The molecule has 2 aliphatic rings. The average molecular weight is 395 g/mol. The van der Waals surface area contributed by atoms with E-state index in [1.165, 1.54) is 29.3 Å². The second-order valence-electron chi connectivity index (χ2n) is 7.09. The van der Waals surface area contributed by atoms with Gasteiger partial charge in [-0.15, -0.1) is 0 Å². The standard InChI is InChI=1S/C18H22FN3O4S/c19-14-6-8-15(9-7-14)27(23,24)22-10-2-1-3-16(22)18-20-17(26-21-18)12-25-11-13-4-5-13/h6-9,13,16H,1-5,10-12H2. The van der Waals surface area contributed by atoms with E-state index in [1.54, 1.807) is 0 Å². The van der Waals surface area contributed by atoms with E-state index in [0.29, 0.717) is 37.2 Å². The Labute approximate surface area is 157 Å². The summed E-state index contributed by atoms with van der Waals surface area (Å²) >= 11 is 0. The minimum absolute atomic E-state index is 0.0623. The molecule has 0 N–H and O–H groups in total. The highest BCUT2D eigenvalue weighted by Gasteiger charge is 2.37. The third-order valence-electron chi connectivity index (χ3n) is 4.93. The van der Waals surface area contributed by atoms with Crippen LogP contribution in [0.4, 0.5) is 4.39 Å². The molecule has 1 saturated carbocycles. The summed E-state index contributed by atoms with van der Waals surface area (Å²) in [5.41, 5.74) is 0. The Morgan fingerprint density at radius 2 is 1.96 bits per heavy atom. The number of ether oxygens (including phenoxy) is 1. The molecule has 1 aromatic carbocycles. The van der Waals surface area contributed by atoms with Crippen molar-refractivity contribution in [1.29, 1.82) is 0 Å². The summed E-state index contributed by atoms with van der Waals surface area (Å²) in [6.45, 7) is 1.29. The topological polar surface area (TPSA) is 85.5 Å². The number of nitrogens with zero attached hydrogens (tertiary/aromatic N) is 3. The Hall–Kier alpha value is -1.84. The summed E-state index contributed by atoms with van der Waals surface area (Å²) in [5.74, 6) is 0.876. The molecule has 0 amide bonds. The molecule has 1 saturated heterocycles. The van der Waals surface area contributed by atoms with Crippen LogP contribution in [0.3, 0.4) is 0 Å². The smallest absolute Gasteiger partial charge is 0.252 e. The fourth-order valence-electron chi connectivity index (χ4n) is 3.25. The van der Waals surface area contributed by atoms with Gasteiger partial charge in [0.15, 0.2) is 5.82 Å². The lowest BCUT2D eigenvalue weighted by Crippen LogP contribution is -2.39. The van der Waals surface area contributed by atoms with Crippen LogP contribution in [0.25, 0.3) is 0 Å². The van der Waals surface area contributed by atoms with Gasteiger partial charge in [-0.3, -0.25) is 0 Å². The van der Waals surface area contributed by atoms with Crippen LogP contribution in [-0.2, 0) is 21.4 Å². The molecule has 1 unspecified atom stereocenters. The van der Waals surface area contributed by atoms with Crippen LogP contribution in [0.1, 0.15) is 49.9 Å². The van der Waals surface area contributed by atoms with Gasteiger partial charge in [-0.1, -0.05) is 11.6 Å². The van der Waals surface area contributed by atoms with Gasteiger partial charge in [0.1, 0.15) is 12.4 Å². The zero-order chi connectivity index (χ0) is 18.9. The van der Waals surface area contributed by atoms with Gasteiger partial charge >= 0.3 is 0 Å². The molecule has 0 spiro atoms. The number of piperidine rings is 1. The van der Waals surface area contributed by atoms with Crippen molar-refractivity contribution in [3.8, 4) is 0 Å². The molecule has 27 heavy (non-hydrogen) atoms.